The maximum atomic E-state index is 13.0. The molecule has 0 aromatic heterocycles. The van der Waals surface area contributed by atoms with Gasteiger partial charge in [0.1, 0.15) is 19.3 Å². The molecule has 3 N–H and O–H groups in total. The number of carbonyl (C=O) groups excluding carboxylic acids is 4. The van der Waals surface area contributed by atoms with Crippen LogP contribution >= 0.6 is 15.6 Å². The van der Waals surface area contributed by atoms with Crippen molar-refractivity contribution in [2.24, 2.45) is 5.92 Å². The third kappa shape index (κ3) is 58.8. The number of phosphoric acid groups is 2. The number of carbonyl (C=O) groups is 4. The van der Waals surface area contributed by atoms with Gasteiger partial charge < -0.3 is 33.8 Å². The van der Waals surface area contributed by atoms with Gasteiger partial charge in [-0.05, 0) is 31.6 Å². The fourth-order valence-electron chi connectivity index (χ4n) is 9.58. The topological polar surface area (TPSA) is 237 Å². The second-order valence-corrected chi connectivity index (χ2v) is 26.5. The summed E-state index contributed by atoms with van der Waals surface area (Å²) in [5, 5.41) is 10.5. The Hall–Kier alpha value is -1.94. The molecule has 5 atom stereocenters. The highest BCUT2D eigenvalue weighted by Gasteiger charge is 2.30. The third-order valence-corrected chi connectivity index (χ3v) is 16.7. The Morgan fingerprint density at radius 1 is 0.325 bits per heavy atom. The Morgan fingerprint density at radius 2 is 0.554 bits per heavy atom. The molecule has 0 aromatic rings. The highest BCUT2D eigenvalue weighted by molar-refractivity contribution is 7.47. The van der Waals surface area contributed by atoms with Crippen molar-refractivity contribution in [3.63, 3.8) is 0 Å². The summed E-state index contributed by atoms with van der Waals surface area (Å²) in [6.07, 6.45) is 41.7. The minimum absolute atomic E-state index is 0.103. The second-order valence-electron chi connectivity index (χ2n) is 23.6. The highest BCUT2D eigenvalue weighted by Crippen LogP contribution is 2.45. The SMILES string of the molecule is CCCCCCCCCCCCCCCCC(=O)O[C@H](COC(=O)CCCCCCCCCCCCC)COP(=O)(O)OC[C@@H](O)COP(=O)(O)OC[C@@H](COC(=O)CCCCCCCCCC)OC(=O)CCCCCCCCCC(C)C. The van der Waals surface area contributed by atoms with E-state index in [4.69, 9.17) is 37.0 Å². The van der Waals surface area contributed by atoms with Gasteiger partial charge in [-0.1, -0.05) is 272 Å². The molecule has 17 nitrogen and oxygen atoms in total. The van der Waals surface area contributed by atoms with Gasteiger partial charge in [0.15, 0.2) is 12.2 Å². The smallest absolute Gasteiger partial charge is 0.462 e. The van der Waals surface area contributed by atoms with Gasteiger partial charge in [0.25, 0.3) is 0 Å². The number of rotatable bonds is 64. The molecule has 0 aliphatic carbocycles. The molecule has 0 saturated heterocycles. The van der Waals surface area contributed by atoms with Crippen molar-refractivity contribution in [2.75, 3.05) is 39.6 Å². The van der Waals surface area contributed by atoms with Crippen molar-refractivity contribution < 1.29 is 80.2 Å². The summed E-state index contributed by atoms with van der Waals surface area (Å²) in [6.45, 7) is 7.11. The minimum Gasteiger partial charge on any atom is -0.462 e. The van der Waals surface area contributed by atoms with Crippen molar-refractivity contribution in [1.82, 2.24) is 0 Å². The second kappa shape index (κ2) is 57.8. The number of esters is 4. The lowest BCUT2D eigenvalue weighted by Crippen LogP contribution is -2.30. The fraction of sp³-hybridized carbons (Fsp3) is 0.938. The summed E-state index contributed by atoms with van der Waals surface area (Å²) in [4.78, 5) is 72.1. The molecule has 0 rings (SSSR count). The number of aliphatic hydroxyl groups excluding tert-OH is 1. The molecule has 0 saturated carbocycles. The van der Waals surface area contributed by atoms with E-state index < -0.39 is 97.5 Å². The molecule has 0 spiro atoms. The van der Waals surface area contributed by atoms with Crippen LogP contribution in [0.5, 0.6) is 0 Å². The molecule has 0 aliphatic rings. The van der Waals surface area contributed by atoms with Crippen LogP contribution in [0.1, 0.15) is 324 Å². The first kappa shape index (κ1) is 81.1. The van der Waals surface area contributed by atoms with Gasteiger partial charge in [-0.3, -0.25) is 37.3 Å². The van der Waals surface area contributed by atoms with E-state index >= 15 is 0 Å². The molecular formula is C64H124O17P2. The normalized spacial score (nSPS) is 14.2. The number of phosphoric ester groups is 2. The number of hydrogen-bond donors (Lipinski definition) is 3. The van der Waals surface area contributed by atoms with Crippen LogP contribution < -0.4 is 0 Å². The first-order valence-corrected chi connectivity index (χ1v) is 36.6. The average molecular weight is 1230 g/mol. The molecule has 0 fully saturated rings. The molecule has 0 bridgehead atoms. The maximum Gasteiger partial charge on any atom is 0.472 e. The number of unbranched alkanes of at least 4 members (excludes halogenated alkanes) is 36. The van der Waals surface area contributed by atoms with E-state index in [9.17, 15) is 43.2 Å². The van der Waals surface area contributed by atoms with Gasteiger partial charge in [-0.25, -0.2) is 9.13 Å². The van der Waals surface area contributed by atoms with Crippen LogP contribution in [0.15, 0.2) is 0 Å². The van der Waals surface area contributed by atoms with Crippen LogP contribution in [0, 0.1) is 5.92 Å². The van der Waals surface area contributed by atoms with E-state index in [1.165, 1.54) is 141 Å². The lowest BCUT2D eigenvalue weighted by molar-refractivity contribution is -0.161. The minimum atomic E-state index is -4.94. The maximum absolute atomic E-state index is 13.0. The van der Waals surface area contributed by atoms with Gasteiger partial charge in [-0.15, -0.1) is 0 Å². The van der Waals surface area contributed by atoms with E-state index in [1.807, 2.05) is 0 Å². The number of ether oxygens (including phenoxy) is 4. The Bertz CT molecular complexity index is 1620. The van der Waals surface area contributed by atoms with E-state index in [2.05, 4.69) is 34.6 Å². The van der Waals surface area contributed by atoms with E-state index in [1.54, 1.807) is 0 Å². The van der Waals surface area contributed by atoms with Crippen LogP contribution in [0.3, 0.4) is 0 Å². The van der Waals surface area contributed by atoms with Crippen molar-refractivity contribution in [1.29, 1.82) is 0 Å². The zero-order valence-corrected chi connectivity index (χ0v) is 55.1. The first-order valence-electron chi connectivity index (χ1n) is 33.6. The van der Waals surface area contributed by atoms with Crippen LogP contribution in [0.4, 0.5) is 0 Å². The molecule has 2 unspecified atom stereocenters. The monoisotopic (exact) mass is 1230 g/mol. The van der Waals surface area contributed by atoms with Crippen LogP contribution in [-0.4, -0.2) is 96.7 Å². The Kier molecular flexibility index (Phi) is 56.4. The Balaban J connectivity index is 5.22. The lowest BCUT2D eigenvalue weighted by atomic mass is 10.0. The molecule has 83 heavy (non-hydrogen) atoms. The van der Waals surface area contributed by atoms with Crippen molar-refractivity contribution >= 4 is 39.5 Å². The van der Waals surface area contributed by atoms with Crippen molar-refractivity contribution in [2.45, 2.75) is 342 Å². The number of aliphatic hydroxyl groups is 1. The van der Waals surface area contributed by atoms with Gasteiger partial charge in [-0.2, -0.15) is 0 Å². The Labute approximate surface area is 505 Å². The van der Waals surface area contributed by atoms with Crippen molar-refractivity contribution in [3.05, 3.63) is 0 Å². The predicted molar refractivity (Wildman–Crippen MR) is 331 cm³/mol. The summed E-state index contributed by atoms with van der Waals surface area (Å²) in [5.41, 5.74) is 0. The third-order valence-electron chi connectivity index (χ3n) is 14.8. The van der Waals surface area contributed by atoms with Gasteiger partial charge in [0.2, 0.25) is 0 Å². The quantitative estimate of drug-likeness (QED) is 0.0222. The molecule has 492 valence electrons. The average Bonchev–Trinajstić information content (AvgIpc) is 3.45. The fourth-order valence-corrected chi connectivity index (χ4v) is 11.2. The molecule has 0 heterocycles. The first-order chi connectivity index (χ1) is 40.0. The van der Waals surface area contributed by atoms with E-state index in [-0.39, 0.29) is 25.7 Å². The molecule has 0 amide bonds. The summed E-state index contributed by atoms with van der Waals surface area (Å²) in [6, 6.07) is 0. The largest absolute Gasteiger partial charge is 0.472 e. The molecule has 19 heteroatoms. The van der Waals surface area contributed by atoms with Gasteiger partial charge in [0, 0.05) is 25.7 Å². The molecular weight excluding hydrogens is 1100 g/mol. The molecule has 0 aromatic carbocycles. The van der Waals surface area contributed by atoms with E-state index in [0.29, 0.717) is 31.6 Å². The zero-order chi connectivity index (χ0) is 61.3. The summed E-state index contributed by atoms with van der Waals surface area (Å²) >= 11 is 0. The van der Waals surface area contributed by atoms with Crippen molar-refractivity contribution in [3.8, 4) is 0 Å². The Morgan fingerprint density at radius 3 is 0.819 bits per heavy atom. The predicted octanol–water partition coefficient (Wildman–Crippen LogP) is 17.8. The van der Waals surface area contributed by atoms with Gasteiger partial charge in [0.05, 0.1) is 26.4 Å². The lowest BCUT2D eigenvalue weighted by Gasteiger charge is -2.21. The molecule has 0 aliphatic heterocycles. The van der Waals surface area contributed by atoms with Gasteiger partial charge >= 0.3 is 39.5 Å². The number of hydrogen-bond acceptors (Lipinski definition) is 15. The molecule has 0 radical (unpaired) electrons. The van der Waals surface area contributed by atoms with E-state index in [0.717, 1.165) is 96.3 Å². The summed E-state index contributed by atoms with van der Waals surface area (Å²) in [7, 11) is -9.88. The van der Waals surface area contributed by atoms with Crippen LogP contribution in [-0.2, 0) is 65.4 Å². The van der Waals surface area contributed by atoms with Crippen LogP contribution in [0.25, 0.3) is 0 Å². The standard InChI is InChI=1S/C64H124O17P2/c1-6-9-12-15-18-21-23-24-25-27-29-34-39-44-49-63(68)80-59(54-75-62(67)48-43-38-33-28-26-22-19-16-13-10-7-2)55-78-82(70,71)76-51-58(65)52-77-83(72,73)79-56-60(53-74-61(66)47-42-37-32-20-17-14-11-8-3)81-64(69)50-45-40-35-30-31-36-41-46-57(4)5/h57-60,65H,6-56H2,1-5H3,(H,70,71)(H,72,73)/t58-,59-,60-/m1/s1. The summed E-state index contributed by atoms with van der Waals surface area (Å²) in [5.74, 6) is -1.44. The van der Waals surface area contributed by atoms with Crippen LogP contribution in [0.2, 0.25) is 0 Å². The summed E-state index contributed by atoms with van der Waals surface area (Å²) < 4.78 is 67.9. The zero-order valence-electron chi connectivity index (χ0n) is 53.3. The highest BCUT2D eigenvalue weighted by atomic mass is 31.2.